The van der Waals surface area contributed by atoms with E-state index in [1.165, 1.54) is 12.8 Å². The highest BCUT2D eigenvalue weighted by atomic mass is 35.5. The van der Waals surface area contributed by atoms with Crippen LogP contribution >= 0.6 is 23.2 Å². The quantitative estimate of drug-likeness (QED) is 0.721. The topological polar surface area (TPSA) is 38.5 Å². The lowest BCUT2D eigenvalue weighted by molar-refractivity contribution is -0.00973. The number of rotatable bonds is 4. The third kappa shape index (κ3) is 2.27. The Kier molecular flexibility index (Phi) is 3.60. The summed E-state index contributed by atoms with van der Waals surface area (Å²) in [7, 11) is 1.81. The van der Waals surface area contributed by atoms with Crippen molar-refractivity contribution >= 4 is 28.9 Å². The van der Waals surface area contributed by atoms with Crippen LogP contribution in [0.3, 0.4) is 0 Å². The summed E-state index contributed by atoms with van der Waals surface area (Å²) in [5.41, 5.74) is 1.59. The fourth-order valence-electron chi connectivity index (χ4n) is 5.27. The first-order chi connectivity index (χ1) is 12.1. The summed E-state index contributed by atoms with van der Waals surface area (Å²) in [4.78, 5) is 2.31. The SMILES string of the molecule is COC12CC(C3CC3)C(C1)C(c1c(Cl)cccc1Cl)N2c1cnoc1. The molecule has 0 amide bonds. The fourth-order valence-corrected chi connectivity index (χ4v) is 5.89. The molecule has 3 aliphatic rings. The molecule has 3 fully saturated rings. The Morgan fingerprint density at radius 1 is 1.20 bits per heavy atom. The van der Waals surface area contributed by atoms with Gasteiger partial charge in [0.05, 0.1) is 17.9 Å². The van der Waals surface area contributed by atoms with Crippen molar-refractivity contribution in [2.45, 2.75) is 37.5 Å². The third-order valence-corrected chi connectivity index (χ3v) is 7.04. The zero-order chi connectivity index (χ0) is 17.2. The van der Waals surface area contributed by atoms with Crippen LogP contribution in [0.15, 0.2) is 35.2 Å². The van der Waals surface area contributed by atoms with Crippen LogP contribution in [0.4, 0.5) is 5.69 Å². The van der Waals surface area contributed by atoms with Gasteiger partial charge in [-0.05, 0) is 49.1 Å². The molecule has 0 N–H and O–H groups in total. The summed E-state index contributed by atoms with van der Waals surface area (Å²) >= 11 is 13.2. The van der Waals surface area contributed by atoms with E-state index in [1.807, 2.05) is 25.3 Å². The molecule has 0 spiro atoms. The van der Waals surface area contributed by atoms with Gasteiger partial charge in [-0.25, -0.2) is 0 Å². The number of anilines is 1. The van der Waals surface area contributed by atoms with E-state index >= 15 is 0 Å². The number of hydrogen-bond donors (Lipinski definition) is 0. The van der Waals surface area contributed by atoms with Crippen molar-refractivity contribution in [1.29, 1.82) is 0 Å². The molecular weight excluding hydrogens is 359 g/mol. The number of fused-ring (bicyclic) bond motifs is 2. The highest BCUT2D eigenvalue weighted by Crippen LogP contribution is 2.65. The van der Waals surface area contributed by atoms with Crippen LogP contribution < -0.4 is 4.90 Å². The molecule has 6 heteroatoms. The van der Waals surface area contributed by atoms with Gasteiger partial charge in [-0.2, -0.15) is 0 Å². The Hall–Kier alpha value is -1.23. The highest BCUT2D eigenvalue weighted by molar-refractivity contribution is 6.36. The van der Waals surface area contributed by atoms with Gasteiger partial charge in [-0.1, -0.05) is 34.4 Å². The lowest BCUT2D eigenvalue weighted by Gasteiger charge is -2.46. The van der Waals surface area contributed by atoms with E-state index in [9.17, 15) is 0 Å². The number of hydrogen-bond acceptors (Lipinski definition) is 4. The van der Waals surface area contributed by atoms with E-state index in [0.29, 0.717) is 21.9 Å². The minimum absolute atomic E-state index is 0.0832. The van der Waals surface area contributed by atoms with E-state index in [1.54, 1.807) is 12.5 Å². The summed E-state index contributed by atoms with van der Waals surface area (Å²) in [6.07, 6.45) is 8.13. The average molecular weight is 379 g/mol. The van der Waals surface area contributed by atoms with Crippen molar-refractivity contribution < 1.29 is 9.26 Å². The summed E-state index contributed by atoms with van der Waals surface area (Å²) in [6.45, 7) is 0. The van der Waals surface area contributed by atoms with E-state index < -0.39 is 0 Å². The monoisotopic (exact) mass is 378 g/mol. The summed E-state index contributed by atoms with van der Waals surface area (Å²) in [6, 6.07) is 5.83. The first kappa shape index (κ1) is 16.0. The zero-order valence-corrected chi connectivity index (χ0v) is 15.5. The molecule has 2 heterocycles. The van der Waals surface area contributed by atoms with Crippen LogP contribution in [0.1, 0.15) is 37.3 Å². The minimum Gasteiger partial charge on any atom is -0.363 e. The van der Waals surface area contributed by atoms with Gasteiger partial charge in [0.15, 0.2) is 0 Å². The number of methoxy groups -OCH3 is 1. The maximum atomic E-state index is 6.61. The Balaban J connectivity index is 1.67. The molecule has 25 heavy (non-hydrogen) atoms. The molecule has 132 valence electrons. The van der Waals surface area contributed by atoms with Gasteiger partial charge >= 0.3 is 0 Å². The van der Waals surface area contributed by atoms with Crippen molar-refractivity contribution in [2.24, 2.45) is 17.8 Å². The number of halogens is 2. The van der Waals surface area contributed by atoms with Crippen LogP contribution in [0.5, 0.6) is 0 Å². The lowest BCUT2D eigenvalue weighted by Crippen LogP contribution is -2.50. The number of benzene rings is 1. The molecule has 1 aliphatic heterocycles. The van der Waals surface area contributed by atoms with Gasteiger partial charge < -0.3 is 14.2 Å². The third-order valence-electron chi connectivity index (χ3n) is 6.38. The molecule has 5 rings (SSSR count). The number of nitrogens with zero attached hydrogens (tertiary/aromatic N) is 2. The van der Waals surface area contributed by atoms with Crippen LogP contribution in [-0.2, 0) is 4.74 Å². The predicted octanol–water partition coefficient (Wildman–Crippen LogP) is 5.32. The Labute approximate surface area is 157 Å². The van der Waals surface area contributed by atoms with Crippen molar-refractivity contribution in [2.75, 3.05) is 12.0 Å². The molecule has 0 radical (unpaired) electrons. The Morgan fingerprint density at radius 3 is 2.52 bits per heavy atom. The molecule has 4 unspecified atom stereocenters. The molecule has 4 nitrogen and oxygen atoms in total. The Bertz CT molecular complexity index is 772. The van der Waals surface area contributed by atoms with E-state index in [4.69, 9.17) is 32.5 Å². The van der Waals surface area contributed by atoms with Crippen LogP contribution in [0, 0.1) is 17.8 Å². The second kappa shape index (κ2) is 5.63. The van der Waals surface area contributed by atoms with E-state index in [0.717, 1.165) is 30.0 Å². The summed E-state index contributed by atoms with van der Waals surface area (Å²) in [5, 5.41) is 5.35. The summed E-state index contributed by atoms with van der Waals surface area (Å²) < 4.78 is 11.3. The maximum Gasteiger partial charge on any atom is 0.147 e. The number of ether oxygens (including phenoxy) is 1. The average Bonchev–Trinajstić information content (AvgIpc) is 3.06. The summed E-state index contributed by atoms with van der Waals surface area (Å²) in [5.74, 6) is 1.95. The standard InChI is InChI=1S/C19H20Cl2N2O2/c1-24-19-7-13(11-5-6-11)14(8-19)18(23(19)12-9-22-25-10-12)17-15(20)3-2-4-16(17)21/h2-4,9-11,13-14,18H,5-8H2,1H3. The Morgan fingerprint density at radius 2 is 1.92 bits per heavy atom. The molecule has 1 saturated heterocycles. The first-order valence-electron chi connectivity index (χ1n) is 8.82. The minimum atomic E-state index is -0.337. The molecule has 2 saturated carbocycles. The van der Waals surface area contributed by atoms with Gasteiger partial charge in [-0.15, -0.1) is 0 Å². The van der Waals surface area contributed by atoms with Gasteiger partial charge in [0.1, 0.15) is 12.0 Å². The van der Waals surface area contributed by atoms with Crippen molar-refractivity contribution in [3.63, 3.8) is 0 Å². The zero-order valence-electron chi connectivity index (χ0n) is 14.0. The number of piperidine rings is 1. The van der Waals surface area contributed by atoms with Crippen LogP contribution in [0.2, 0.25) is 10.0 Å². The van der Waals surface area contributed by atoms with E-state index in [2.05, 4.69) is 10.1 Å². The second-order valence-electron chi connectivity index (χ2n) is 7.56. The smallest absolute Gasteiger partial charge is 0.147 e. The maximum absolute atomic E-state index is 6.61. The van der Waals surface area contributed by atoms with E-state index in [-0.39, 0.29) is 11.8 Å². The molecule has 1 aromatic heterocycles. The lowest BCUT2D eigenvalue weighted by atomic mass is 9.81. The van der Waals surface area contributed by atoms with Gasteiger partial charge in [0.2, 0.25) is 0 Å². The van der Waals surface area contributed by atoms with Gasteiger partial charge in [0, 0.05) is 29.1 Å². The normalized spacial score (nSPS) is 34.0. The van der Waals surface area contributed by atoms with Gasteiger partial charge in [-0.3, -0.25) is 0 Å². The molecular formula is C19H20Cl2N2O2. The van der Waals surface area contributed by atoms with Gasteiger partial charge in [0.25, 0.3) is 0 Å². The van der Waals surface area contributed by atoms with Crippen molar-refractivity contribution in [3.05, 3.63) is 46.3 Å². The molecule has 2 aliphatic carbocycles. The molecule has 2 bridgehead atoms. The van der Waals surface area contributed by atoms with Crippen molar-refractivity contribution in [3.8, 4) is 0 Å². The van der Waals surface area contributed by atoms with Crippen LogP contribution in [0.25, 0.3) is 0 Å². The second-order valence-corrected chi connectivity index (χ2v) is 8.37. The van der Waals surface area contributed by atoms with Crippen molar-refractivity contribution in [1.82, 2.24) is 5.16 Å². The van der Waals surface area contributed by atoms with Crippen LogP contribution in [-0.4, -0.2) is 18.0 Å². The largest absolute Gasteiger partial charge is 0.363 e. The number of aromatic nitrogens is 1. The molecule has 1 aromatic carbocycles. The predicted molar refractivity (Wildman–Crippen MR) is 96.9 cm³/mol. The molecule has 2 aromatic rings. The molecule has 4 atom stereocenters. The highest BCUT2D eigenvalue weighted by Gasteiger charge is 2.64. The first-order valence-corrected chi connectivity index (χ1v) is 9.58. The fraction of sp³-hybridized carbons (Fsp3) is 0.526.